The molecule has 0 bridgehead atoms. The molecule has 0 heterocycles. The van der Waals surface area contributed by atoms with Crippen LogP contribution in [0.3, 0.4) is 0 Å². The first-order valence-electron chi connectivity index (χ1n) is 2.84. The Hall–Kier alpha value is -0.0800. The molecule has 0 aromatic heterocycles. The first kappa shape index (κ1) is 8.02. The Labute approximate surface area is 76.5 Å². The molecule has 0 unspecified atom stereocenters. The molecule has 1 aromatic rings. The summed E-state index contributed by atoms with van der Waals surface area (Å²) in [5.41, 5.74) is 0. The summed E-state index contributed by atoms with van der Waals surface area (Å²) in [6.07, 6.45) is 0. The van der Waals surface area contributed by atoms with E-state index in [-0.39, 0.29) is 0 Å². The molecule has 1 aromatic carbocycles. The van der Waals surface area contributed by atoms with Gasteiger partial charge in [-0.25, -0.2) is 0 Å². The number of rotatable bonds is 0. The van der Waals surface area contributed by atoms with Crippen LogP contribution < -0.4 is 10.4 Å². The van der Waals surface area contributed by atoms with Gasteiger partial charge in [-0.05, 0) is 20.4 Å². The second kappa shape index (κ2) is 3.94. The third kappa shape index (κ3) is 1.70. The zero-order valence-corrected chi connectivity index (χ0v) is 8.39. The van der Waals surface area contributed by atoms with Gasteiger partial charge in [0.25, 0.3) is 0 Å². The molecule has 2 heteroatoms. The van der Waals surface area contributed by atoms with E-state index in [2.05, 4.69) is 31.9 Å². The molecule has 0 radical (unpaired) electrons. The molecule has 0 aliphatic heterocycles. The summed E-state index contributed by atoms with van der Waals surface area (Å²) in [6.45, 7) is 0. The Bertz CT molecular complexity index is 281. The highest BCUT2D eigenvalue weighted by molar-refractivity contribution is 9.14. The Balaban J connectivity index is 3.53. The fraction of sp³-hybridized carbons (Fsp3) is 0. The average molecular weight is 262 g/mol. The minimum Gasteiger partial charge on any atom is -0.0616 e. The monoisotopic (exact) mass is 260 g/mol. The van der Waals surface area contributed by atoms with Gasteiger partial charge in [0.2, 0.25) is 0 Å². The van der Waals surface area contributed by atoms with Gasteiger partial charge in [0.1, 0.15) is 0 Å². The van der Waals surface area contributed by atoms with Gasteiger partial charge < -0.3 is 0 Å². The second-order valence-corrected chi connectivity index (χ2v) is 2.76. The number of benzene rings is 1. The predicted octanol–water partition coefficient (Wildman–Crippen LogP) is 1.95. The van der Waals surface area contributed by atoms with Crippen LogP contribution in [0.15, 0.2) is 24.3 Å². The first-order valence-corrected chi connectivity index (χ1v) is 4.67. The maximum absolute atomic E-state index is 3.28. The Morgan fingerprint density at radius 3 is 1.60 bits per heavy atom. The summed E-state index contributed by atoms with van der Waals surface area (Å²) in [7, 11) is 0. The van der Waals surface area contributed by atoms with Crippen LogP contribution in [0.4, 0.5) is 0 Å². The van der Waals surface area contributed by atoms with Crippen molar-refractivity contribution < 1.29 is 0 Å². The van der Waals surface area contributed by atoms with E-state index >= 15 is 0 Å². The van der Waals surface area contributed by atoms with Crippen molar-refractivity contribution in [2.75, 3.05) is 0 Å². The van der Waals surface area contributed by atoms with Crippen molar-refractivity contribution in [3.63, 3.8) is 0 Å². The van der Waals surface area contributed by atoms with E-state index in [4.69, 9.17) is 0 Å². The molecule has 0 atom stereocenters. The average Bonchev–Trinajstić information content (AvgIpc) is 2.04. The quantitative estimate of drug-likeness (QED) is 0.670. The van der Waals surface area contributed by atoms with Crippen molar-refractivity contribution in [3.8, 4) is 0 Å². The van der Waals surface area contributed by atoms with Gasteiger partial charge in [-0.3, -0.25) is 0 Å². The number of halogens is 2. The number of hydrogen-bond acceptors (Lipinski definition) is 0. The van der Waals surface area contributed by atoms with E-state index in [1.807, 2.05) is 34.2 Å². The van der Waals surface area contributed by atoms with E-state index < -0.39 is 0 Å². The van der Waals surface area contributed by atoms with E-state index in [9.17, 15) is 0 Å². The lowest BCUT2D eigenvalue weighted by Crippen LogP contribution is -2.21. The van der Waals surface area contributed by atoms with Crippen LogP contribution in [0.1, 0.15) is 0 Å². The van der Waals surface area contributed by atoms with Gasteiger partial charge in [0.05, 0.1) is 0 Å². The highest BCUT2D eigenvalue weighted by Gasteiger charge is 1.78. The standard InChI is InChI=1S/C8H6Br2/c9-5-7-3-1-2-4-8(7)6-10/h1-6H/b7-5-,8-6-. The van der Waals surface area contributed by atoms with Crippen molar-refractivity contribution in [1.82, 2.24) is 0 Å². The van der Waals surface area contributed by atoms with Crippen molar-refractivity contribution >= 4 is 41.8 Å². The SMILES string of the molecule is Br/C=c1/cccc/c1=C/Br. The molecule has 1 rings (SSSR count). The van der Waals surface area contributed by atoms with Crippen LogP contribution >= 0.6 is 31.9 Å². The van der Waals surface area contributed by atoms with Gasteiger partial charge >= 0.3 is 0 Å². The molecule has 0 amide bonds. The molecule has 10 heavy (non-hydrogen) atoms. The van der Waals surface area contributed by atoms with Gasteiger partial charge in [-0.15, -0.1) is 0 Å². The van der Waals surface area contributed by atoms with Crippen LogP contribution in [-0.2, 0) is 0 Å². The number of hydrogen-bond donors (Lipinski definition) is 0. The predicted molar refractivity (Wildman–Crippen MR) is 52.5 cm³/mol. The lowest BCUT2D eigenvalue weighted by Gasteiger charge is -1.84. The molecular formula is C8H6Br2. The normalized spacial score (nSPS) is 14.2. The highest BCUT2D eigenvalue weighted by atomic mass is 79.9. The van der Waals surface area contributed by atoms with Crippen molar-refractivity contribution in [2.24, 2.45) is 0 Å². The fourth-order valence-electron chi connectivity index (χ4n) is 0.710. The van der Waals surface area contributed by atoms with E-state index in [1.165, 1.54) is 10.4 Å². The van der Waals surface area contributed by atoms with Crippen molar-refractivity contribution in [1.29, 1.82) is 0 Å². The van der Waals surface area contributed by atoms with E-state index in [0.29, 0.717) is 0 Å². The Morgan fingerprint density at radius 1 is 0.900 bits per heavy atom. The summed E-state index contributed by atoms with van der Waals surface area (Å²) >= 11 is 6.57. The maximum Gasteiger partial charge on any atom is -0.0110 e. The Morgan fingerprint density at radius 2 is 1.30 bits per heavy atom. The van der Waals surface area contributed by atoms with Gasteiger partial charge in [0, 0.05) is 0 Å². The fourth-order valence-corrected chi connectivity index (χ4v) is 1.54. The molecule has 0 N–H and O–H groups in total. The molecule has 0 fully saturated rings. The van der Waals surface area contributed by atoms with Crippen LogP contribution in [0.25, 0.3) is 9.97 Å². The van der Waals surface area contributed by atoms with Crippen LogP contribution in [0, 0.1) is 0 Å². The summed E-state index contributed by atoms with van der Waals surface area (Å²) in [6, 6.07) is 8.10. The molecular weight excluding hydrogens is 256 g/mol. The Kier molecular flexibility index (Phi) is 3.16. The van der Waals surface area contributed by atoms with Gasteiger partial charge in [-0.1, -0.05) is 56.1 Å². The molecule has 0 nitrogen and oxygen atoms in total. The first-order chi connectivity index (χ1) is 4.88. The minimum absolute atomic E-state index is 1.18. The highest BCUT2D eigenvalue weighted by Crippen LogP contribution is 1.81. The van der Waals surface area contributed by atoms with Gasteiger partial charge in [0.15, 0.2) is 0 Å². The third-order valence-electron chi connectivity index (χ3n) is 1.23. The molecule has 0 spiro atoms. The largest absolute Gasteiger partial charge is 0.0616 e. The second-order valence-electron chi connectivity index (χ2n) is 1.85. The zero-order chi connectivity index (χ0) is 7.40. The summed E-state index contributed by atoms with van der Waals surface area (Å²) in [5.74, 6) is 0. The summed E-state index contributed by atoms with van der Waals surface area (Å²) in [4.78, 5) is 3.81. The molecule has 0 aliphatic rings. The zero-order valence-electron chi connectivity index (χ0n) is 5.22. The molecule has 0 saturated heterocycles. The van der Waals surface area contributed by atoms with Crippen molar-refractivity contribution in [2.45, 2.75) is 0 Å². The molecule has 52 valence electrons. The van der Waals surface area contributed by atoms with Crippen LogP contribution in [0.5, 0.6) is 0 Å². The van der Waals surface area contributed by atoms with E-state index in [0.717, 1.165) is 0 Å². The van der Waals surface area contributed by atoms with Crippen molar-refractivity contribution in [3.05, 3.63) is 34.7 Å². The van der Waals surface area contributed by atoms with Crippen LogP contribution in [0.2, 0.25) is 0 Å². The lowest BCUT2D eigenvalue weighted by molar-refractivity contribution is 1.54. The minimum atomic E-state index is 1.18. The van der Waals surface area contributed by atoms with E-state index in [1.54, 1.807) is 0 Å². The molecule has 0 saturated carbocycles. The topological polar surface area (TPSA) is 0 Å². The van der Waals surface area contributed by atoms with Gasteiger partial charge in [-0.2, -0.15) is 0 Å². The lowest BCUT2D eigenvalue weighted by atomic mass is 10.3. The third-order valence-corrected chi connectivity index (χ3v) is 2.22. The molecule has 0 aliphatic carbocycles. The summed E-state index contributed by atoms with van der Waals surface area (Å²) in [5, 5.41) is 2.36. The maximum atomic E-state index is 3.28. The van der Waals surface area contributed by atoms with Crippen LogP contribution in [-0.4, -0.2) is 0 Å². The smallest absolute Gasteiger partial charge is 0.0110 e. The summed E-state index contributed by atoms with van der Waals surface area (Å²) < 4.78 is 0.